The molecule has 2 nitrogen and oxygen atoms in total. The van der Waals surface area contributed by atoms with E-state index in [9.17, 15) is 0 Å². The molecule has 0 amide bonds. The third-order valence-corrected chi connectivity index (χ3v) is 5.36. The lowest BCUT2D eigenvalue weighted by atomic mass is 9.81. The fourth-order valence-corrected chi connectivity index (χ4v) is 4.04. The molecule has 1 saturated carbocycles. The quantitative estimate of drug-likeness (QED) is 0.820. The van der Waals surface area contributed by atoms with Gasteiger partial charge in [-0.15, -0.1) is 0 Å². The molecule has 1 aromatic rings. The van der Waals surface area contributed by atoms with Crippen molar-refractivity contribution in [1.82, 2.24) is 0 Å². The largest absolute Gasteiger partial charge is 0.487 e. The molecule has 1 aliphatic carbocycles. The minimum Gasteiger partial charge on any atom is -0.487 e. The number of fused-ring (bicyclic) bond motifs is 1. The van der Waals surface area contributed by atoms with Crippen molar-refractivity contribution in [3.8, 4) is 5.75 Å². The van der Waals surface area contributed by atoms with Crippen molar-refractivity contribution in [2.75, 3.05) is 0 Å². The molecule has 2 aliphatic rings. The molecular weight excluding hydrogens is 246 g/mol. The molecule has 2 N–H and O–H groups in total. The van der Waals surface area contributed by atoms with Gasteiger partial charge >= 0.3 is 0 Å². The molecule has 2 heteroatoms. The Morgan fingerprint density at radius 3 is 2.80 bits per heavy atom. The number of benzene rings is 1. The van der Waals surface area contributed by atoms with Crippen LogP contribution in [0, 0.1) is 11.8 Å². The van der Waals surface area contributed by atoms with E-state index in [1.165, 1.54) is 24.8 Å². The standard InChI is InChI=1S/C18H27NO/c1-13(2)14-6-5-10-18(11-9-14)12-16(19)15-7-3-4-8-17(15)20-18/h3-4,7-8,13-14,16H,5-6,9-12,19H2,1-2H3/t14?,16-,18?/m0/s1. The molecule has 1 heterocycles. The van der Waals surface area contributed by atoms with Gasteiger partial charge in [-0.1, -0.05) is 38.5 Å². The second-order valence-electron chi connectivity index (χ2n) is 7.07. The van der Waals surface area contributed by atoms with Crippen LogP contribution in [0.4, 0.5) is 0 Å². The molecule has 0 bridgehead atoms. The lowest BCUT2D eigenvalue weighted by Gasteiger charge is -2.41. The van der Waals surface area contributed by atoms with Crippen molar-refractivity contribution in [2.24, 2.45) is 17.6 Å². The molecule has 3 rings (SSSR count). The van der Waals surface area contributed by atoms with E-state index >= 15 is 0 Å². The lowest BCUT2D eigenvalue weighted by Crippen LogP contribution is -2.42. The summed E-state index contributed by atoms with van der Waals surface area (Å²) in [5.41, 5.74) is 7.60. The average molecular weight is 273 g/mol. The summed E-state index contributed by atoms with van der Waals surface area (Å²) >= 11 is 0. The van der Waals surface area contributed by atoms with Gasteiger partial charge in [0.2, 0.25) is 0 Å². The van der Waals surface area contributed by atoms with Crippen LogP contribution in [-0.2, 0) is 0 Å². The maximum Gasteiger partial charge on any atom is 0.124 e. The van der Waals surface area contributed by atoms with E-state index in [0.29, 0.717) is 0 Å². The predicted octanol–water partition coefficient (Wildman–Crippen LogP) is 4.44. The molecule has 2 unspecified atom stereocenters. The third-order valence-electron chi connectivity index (χ3n) is 5.36. The highest BCUT2D eigenvalue weighted by Crippen LogP contribution is 2.46. The van der Waals surface area contributed by atoms with Gasteiger partial charge in [0.1, 0.15) is 11.4 Å². The summed E-state index contributed by atoms with van der Waals surface area (Å²) in [6.07, 6.45) is 7.22. The minimum atomic E-state index is -0.00257. The minimum absolute atomic E-state index is 0.00257. The summed E-state index contributed by atoms with van der Waals surface area (Å²) in [6.45, 7) is 4.71. The second kappa shape index (κ2) is 5.40. The van der Waals surface area contributed by atoms with Crippen molar-refractivity contribution in [2.45, 2.75) is 64.0 Å². The summed E-state index contributed by atoms with van der Waals surface area (Å²) in [5, 5.41) is 0. The van der Waals surface area contributed by atoms with Crippen LogP contribution in [-0.4, -0.2) is 5.60 Å². The highest BCUT2D eigenvalue weighted by molar-refractivity contribution is 5.38. The van der Waals surface area contributed by atoms with Gasteiger partial charge in [-0.05, 0) is 43.6 Å². The predicted molar refractivity (Wildman–Crippen MR) is 82.8 cm³/mol. The van der Waals surface area contributed by atoms with Crippen molar-refractivity contribution in [3.63, 3.8) is 0 Å². The van der Waals surface area contributed by atoms with Gasteiger partial charge < -0.3 is 10.5 Å². The van der Waals surface area contributed by atoms with Crippen molar-refractivity contribution in [1.29, 1.82) is 0 Å². The Labute approximate surface area is 122 Å². The Bertz CT molecular complexity index is 470. The lowest BCUT2D eigenvalue weighted by molar-refractivity contribution is 0.0199. The van der Waals surface area contributed by atoms with Crippen molar-refractivity contribution >= 4 is 0 Å². The molecule has 0 radical (unpaired) electrons. The molecule has 0 aromatic heterocycles. The maximum atomic E-state index is 6.46. The molecular formula is C18H27NO. The molecule has 20 heavy (non-hydrogen) atoms. The second-order valence-corrected chi connectivity index (χ2v) is 7.07. The number of hydrogen-bond donors (Lipinski definition) is 1. The van der Waals surface area contributed by atoms with Gasteiger partial charge in [-0.2, -0.15) is 0 Å². The number of rotatable bonds is 1. The van der Waals surface area contributed by atoms with Crippen LogP contribution in [0.5, 0.6) is 5.75 Å². The van der Waals surface area contributed by atoms with Crippen molar-refractivity contribution in [3.05, 3.63) is 29.8 Å². The molecule has 1 aromatic carbocycles. The van der Waals surface area contributed by atoms with Gasteiger partial charge in [0.15, 0.2) is 0 Å². The first-order valence-electron chi connectivity index (χ1n) is 8.13. The average Bonchev–Trinajstić information content (AvgIpc) is 2.62. The maximum absolute atomic E-state index is 6.46. The highest BCUT2D eigenvalue weighted by Gasteiger charge is 2.41. The van der Waals surface area contributed by atoms with Crippen LogP contribution >= 0.6 is 0 Å². The van der Waals surface area contributed by atoms with E-state index in [1.807, 2.05) is 0 Å². The fraction of sp³-hybridized carbons (Fsp3) is 0.667. The third kappa shape index (κ3) is 2.58. The van der Waals surface area contributed by atoms with Crippen LogP contribution in [0.1, 0.15) is 64.0 Å². The number of nitrogens with two attached hydrogens (primary N) is 1. The highest BCUT2D eigenvalue weighted by atomic mass is 16.5. The zero-order valence-electron chi connectivity index (χ0n) is 12.8. The molecule has 1 aliphatic heterocycles. The topological polar surface area (TPSA) is 35.2 Å². The molecule has 110 valence electrons. The summed E-state index contributed by atoms with van der Waals surface area (Å²) < 4.78 is 6.46. The van der Waals surface area contributed by atoms with Crippen molar-refractivity contribution < 1.29 is 4.74 Å². The zero-order chi connectivity index (χ0) is 14.2. The summed E-state index contributed by atoms with van der Waals surface area (Å²) in [6, 6.07) is 8.44. The molecule has 3 atom stereocenters. The first kappa shape index (κ1) is 13.9. The molecule has 0 saturated heterocycles. The number of para-hydroxylation sites is 1. The van der Waals surface area contributed by atoms with E-state index in [0.717, 1.165) is 36.8 Å². The summed E-state index contributed by atoms with van der Waals surface area (Å²) in [5.74, 6) is 2.66. The first-order valence-corrected chi connectivity index (χ1v) is 8.13. The smallest absolute Gasteiger partial charge is 0.124 e. The normalized spacial score (nSPS) is 33.6. The number of ether oxygens (including phenoxy) is 1. The van der Waals surface area contributed by atoms with Gasteiger partial charge in [0.05, 0.1) is 0 Å². The van der Waals surface area contributed by atoms with Crippen LogP contribution in [0.15, 0.2) is 24.3 Å². The molecule has 1 spiro atoms. The summed E-state index contributed by atoms with van der Waals surface area (Å²) in [4.78, 5) is 0. The van der Waals surface area contributed by atoms with E-state index in [-0.39, 0.29) is 11.6 Å². The van der Waals surface area contributed by atoms with Gasteiger partial charge in [-0.3, -0.25) is 0 Å². The Morgan fingerprint density at radius 1 is 1.20 bits per heavy atom. The van der Waals surface area contributed by atoms with E-state index < -0.39 is 0 Å². The zero-order valence-corrected chi connectivity index (χ0v) is 12.8. The Hall–Kier alpha value is -1.02. The van der Waals surface area contributed by atoms with Gasteiger partial charge in [0, 0.05) is 18.0 Å². The van der Waals surface area contributed by atoms with E-state index in [2.05, 4.69) is 38.1 Å². The van der Waals surface area contributed by atoms with Crippen LogP contribution in [0.3, 0.4) is 0 Å². The SMILES string of the molecule is CC(C)C1CCCC2(CC1)C[C@H](N)c1ccccc1O2. The van der Waals surface area contributed by atoms with Gasteiger partial charge in [-0.25, -0.2) is 0 Å². The monoisotopic (exact) mass is 273 g/mol. The molecule has 1 fully saturated rings. The number of hydrogen-bond acceptors (Lipinski definition) is 2. The van der Waals surface area contributed by atoms with E-state index in [1.54, 1.807) is 0 Å². The van der Waals surface area contributed by atoms with Crippen LogP contribution in [0.2, 0.25) is 0 Å². The van der Waals surface area contributed by atoms with Crippen LogP contribution in [0.25, 0.3) is 0 Å². The Kier molecular flexibility index (Phi) is 3.76. The van der Waals surface area contributed by atoms with Gasteiger partial charge in [0.25, 0.3) is 0 Å². The first-order chi connectivity index (χ1) is 9.60. The van der Waals surface area contributed by atoms with E-state index in [4.69, 9.17) is 10.5 Å². The van der Waals surface area contributed by atoms with Crippen LogP contribution < -0.4 is 10.5 Å². The fourth-order valence-electron chi connectivity index (χ4n) is 4.04. The Morgan fingerprint density at radius 2 is 2.00 bits per heavy atom. The summed E-state index contributed by atoms with van der Waals surface area (Å²) in [7, 11) is 0. The Balaban J connectivity index is 1.81.